The number of hydrogen-bond acceptors (Lipinski definition) is 5. The maximum atomic E-state index is 14.6. The van der Waals surface area contributed by atoms with Crippen molar-refractivity contribution in [3.63, 3.8) is 0 Å². The van der Waals surface area contributed by atoms with Crippen molar-refractivity contribution in [2.45, 2.75) is 45.7 Å². The Kier molecular flexibility index (Phi) is 4.84. The fraction of sp³-hybridized carbons (Fsp3) is 0.417. The molecule has 1 aliphatic carbocycles. The summed E-state index contributed by atoms with van der Waals surface area (Å²) in [5, 5.41) is 7.55. The van der Waals surface area contributed by atoms with Crippen molar-refractivity contribution in [1.82, 2.24) is 19.6 Å². The Morgan fingerprint density at radius 2 is 2.03 bits per heavy atom. The highest BCUT2D eigenvalue weighted by Gasteiger charge is 2.30. The van der Waals surface area contributed by atoms with Crippen LogP contribution in [-0.4, -0.2) is 37.5 Å². The molecule has 7 heteroatoms. The molecule has 1 N–H and O–H groups in total. The minimum Gasteiger partial charge on any atom is -0.350 e. The first-order valence-corrected chi connectivity index (χ1v) is 10.9. The summed E-state index contributed by atoms with van der Waals surface area (Å²) in [4.78, 5) is 13.8. The number of anilines is 1. The van der Waals surface area contributed by atoms with Crippen LogP contribution in [0.2, 0.25) is 0 Å². The zero-order valence-electron chi connectivity index (χ0n) is 18.1. The first-order valence-electron chi connectivity index (χ1n) is 10.9. The lowest BCUT2D eigenvalue weighted by atomic mass is 9.84. The van der Waals surface area contributed by atoms with Crippen LogP contribution in [0.1, 0.15) is 39.2 Å². The maximum absolute atomic E-state index is 14.6. The molecule has 0 saturated heterocycles. The second-order valence-corrected chi connectivity index (χ2v) is 9.04. The smallest absolute Gasteiger partial charge is 0.241 e. The van der Waals surface area contributed by atoms with Gasteiger partial charge in [-0.25, -0.2) is 23.9 Å². The third-order valence-electron chi connectivity index (χ3n) is 6.43. The van der Waals surface area contributed by atoms with E-state index >= 15 is 0 Å². The number of allylic oxidation sites excluding steroid dienone is 2. The van der Waals surface area contributed by atoms with E-state index in [9.17, 15) is 4.39 Å². The summed E-state index contributed by atoms with van der Waals surface area (Å²) >= 11 is 0. The molecule has 0 bridgehead atoms. The molecule has 1 aliphatic heterocycles. The van der Waals surface area contributed by atoms with Gasteiger partial charge in [0, 0.05) is 48.0 Å². The topological polar surface area (TPSA) is 67.5 Å². The van der Waals surface area contributed by atoms with Crippen molar-refractivity contribution in [1.29, 1.82) is 0 Å². The standard InChI is InChI=1S/C24H27FN6/c1-15(2)20-11-17-10-18(12-26-22(17)29-16(20)3)19-6-9-31-21(19)13-27-23(30-31)28-14-24(25)7-4-5-8-24/h4-6,9-10,12-13,15,20H,7-8,11,14H2,1-3H3,(H,28,30)/t20-/m1/s1. The number of pyridine rings is 1. The first-order chi connectivity index (χ1) is 14.9. The van der Waals surface area contributed by atoms with E-state index in [-0.39, 0.29) is 6.54 Å². The molecule has 0 radical (unpaired) electrons. The molecular formula is C24H27FN6. The van der Waals surface area contributed by atoms with Crippen LogP contribution in [0.3, 0.4) is 0 Å². The number of hydrogen-bond donors (Lipinski definition) is 1. The van der Waals surface area contributed by atoms with Gasteiger partial charge >= 0.3 is 0 Å². The predicted octanol–water partition coefficient (Wildman–Crippen LogP) is 5.18. The highest BCUT2D eigenvalue weighted by atomic mass is 19.1. The highest BCUT2D eigenvalue weighted by molar-refractivity contribution is 5.89. The molecule has 0 fully saturated rings. The molecular weight excluding hydrogens is 391 g/mol. The Labute approximate surface area is 181 Å². The van der Waals surface area contributed by atoms with Gasteiger partial charge in [-0.05, 0) is 37.0 Å². The summed E-state index contributed by atoms with van der Waals surface area (Å²) in [5.41, 5.74) is 4.04. The number of nitrogens with zero attached hydrogens (tertiary/aromatic N) is 5. The van der Waals surface area contributed by atoms with Gasteiger partial charge in [0.1, 0.15) is 5.67 Å². The van der Waals surface area contributed by atoms with Crippen LogP contribution in [-0.2, 0) is 6.42 Å². The van der Waals surface area contributed by atoms with Gasteiger partial charge in [-0.1, -0.05) is 26.0 Å². The summed E-state index contributed by atoms with van der Waals surface area (Å²) in [6.07, 6.45) is 11.1. The van der Waals surface area contributed by atoms with Gasteiger partial charge in [0.25, 0.3) is 0 Å². The van der Waals surface area contributed by atoms with Crippen LogP contribution in [0, 0.1) is 11.8 Å². The summed E-state index contributed by atoms with van der Waals surface area (Å²) in [5.74, 6) is 2.23. The second kappa shape index (κ2) is 7.55. The molecule has 4 heterocycles. The summed E-state index contributed by atoms with van der Waals surface area (Å²) < 4.78 is 16.4. The average molecular weight is 419 g/mol. The lowest BCUT2D eigenvalue weighted by molar-refractivity contribution is 0.198. The molecule has 0 amide bonds. The highest BCUT2D eigenvalue weighted by Crippen LogP contribution is 2.34. The van der Waals surface area contributed by atoms with Crippen molar-refractivity contribution in [2.75, 3.05) is 11.9 Å². The maximum Gasteiger partial charge on any atom is 0.241 e. The molecule has 3 aromatic heterocycles. The normalized spacial score (nSPS) is 19.6. The number of aliphatic imine (C=N–C) groups is 1. The fourth-order valence-corrected chi connectivity index (χ4v) is 4.53. The van der Waals surface area contributed by atoms with Crippen molar-refractivity contribution in [3.05, 3.63) is 48.4 Å². The number of fused-ring (bicyclic) bond motifs is 2. The Balaban J connectivity index is 1.40. The number of aromatic nitrogens is 4. The van der Waals surface area contributed by atoms with Gasteiger partial charge in [-0.3, -0.25) is 0 Å². The lowest BCUT2D eigenvalue weighted by Gasteiger charge is -2.25. The van der Waals surface area contributed by atoms with Crippen LogP contribution >= 0.6 is 0 Å². The monoisotopic (exact) mass is 418 g/mol. The molecule has 2 aliphatic rings. The molecule has 3 aromatic rings. The van der Waals surface area contributed by atoms with Gasteiger partial charge in [0.2, 0.25) is 5.95 Å². The number of rotatable bonds is 5. The van der Waals surface area contributed by atoms with Gasteiger partial charge in [0.15, 0.2) is 5.82 Å². The third kappa shape index (κ3) is 3.73. The molecule has 1 atom stereocenters. The quantitative estimate of drug-likeness (QED) is 0.580. The third-order valence-corrected chi connectivity index (χ3v) is 6.43. The molecule has 31 heavy (non-hydrogen) atoms. The van der Waals surface area contributed by atoms with E-state index in [1.165, 1.54) is 5.56 Å². The Morgan fingerprint density at radius 3 is 2.81 bits per heavy atom. The Morgan fingerprint density at radius 1 is 1.23 bits per heavy atom. The molecule has 160 valence electrons. The van der Waals surface area contributed by atoms with Crippen molar-refractivity contribution >= 4 is 23.0 Å². The second-order valence-electron chi connectivity index (χ2n) is 9.04. The predicted molar refractivity (Wildman–Crippen MR) is 122 cm³/mol. The fourth-order valence-electron chi connectivity index (χ4n) is 4.53. The molecule has 6 nitrogen and oxygen atoms in total. The zero-order chi connectivity index (χ0) is 21.6. The van der Waals surface area contributed by atoms with Crippen molar-refractivity contribution in [3.8, 4) is 11.1 Å². The van der Waals surface area contributed by atoms with E-state index in [1.54, 1.807) is 10.7 Å². The van der Waals surface area contributed by atoms with Gasteiger partial charge in [0.05, 0.1) is 18.3 Å². The Bertz CT molecular complexity index is 1180. The number of nitrogens with one attached hydrogen (secondary N) is 1. The summed E-state index contributed by atoms with van der Waals surface area (Å²) in [6.45, 7) is 6.78. The zero-order valence-corrected chi connectivity index (χ0v) is 18.1. The largest absolute Gasteiger partial charge is 0.350 e. The van der Waals surface area contributed by atoms with E-state index in [4.69, 9.17) is 4.99 Å². The van der Waals surface area contributed by atoms with Crippen LogP contribution in [0.5, 0.6) is 0 Å². The van der Waals surface area contributed by atoms with Crippen LogP contribution in [0.15, 0.2) is 47.9 Å². The van der Waals surface area contributed by atoms with Gasteiger partial charge < -0.3 is 5.32 Å². The minimum atomic E-state index is -1.25. The van der Waals surface area contributed by atoms with E-state index in [0.717, 1.165) is 34.6 Å². The molecule has 0 spiro atoms. The molecule has 0 aromatic carbocycles. The molecule has 0 saturated carbocycles. The van der Waals surface area contributed by atoms with Crippen molar-refractivity contribution < 1.29 is 4.39 Å². The van der Waals surface area contributed by atoms with Crippen LogP contribution in [0.4, 0.5) is 16.2 Å². The average Bonchev–Trinajstić information content (AvgIpc) is 3.38. The van der Waals surface area contributed by atoms with Crippen LogP contribution < -0.4 is 5.32 Å². The first kappa shape index (κ1) is 19.8. The summed E-state index contributed by atoms with van der Waals surface area (Å²) in [6, 6.07) is 4.21. The Hall–Kier alpha value is -3.09. The van der Waals surface area contributed by atoms with E-state index < -0.39 is 5.67 Å². The lowest BCUT2D eigenvalue weighted by Crippen LogP contribution is -2.29. The summed E-state index contributed by atoms with van der Waals surface area (Å²) in [7, 11) is 0. The molecule has 5 rings (SSSR count). The van der Waals surface area contributed by atoms with Gasteiger partial charge in [-0.15, -0.1) is 5.10 Å². The molecule has 0 unspecified atom stereocenters. The van der Waals surface area contributed by atoms with E-state index in [1.807, 2.05) is 30.6 Å². The van der Waals surface area contributed by atoms with Crippen molar-refractivity contribution in [2.24, 2.45) is 16.8 Å². The number of alkyl halides is 1. The van der Waals surface area contributed by atoms with E-state index in [2.05, 4.69) is 47.2 Å². The van der Waals surface area contributed by atoms with E-state index in [0.29, 0.717) is 30.6 Å². The SMILES string of the molecule is CC1=Nc2ncc(-c3ccn4nc(NCC5(F)CC=CC5)ncc34)cc2C[C@@H]1C(C)C. The minimum absolute atomic E-state index is 0.200. The van der Waals surface area contributed by atoms with Crippen LogP contribution in [0.25, 0.3) is 16.6 Å². The van der Waals surface area contributed by atoms with Gasteiger partial charge in [-0.2, -0.15) is 0 Å². The number of halogens is 1.